The molecule has 1 saturated heterocycles. The van der Waals surface area contributed by atoms with Gasteiger partial charge in [0.1, 0.15) is 5.75 Å². The number of benzene rings is 3. The molecule has 0 aliphatic carbocycles. The smallest absolute Gasteiger partial charge is 0.270 e. The van der Waals surface area contributed by atoms with Crippen molar-refractivity contribution in [1.29, 1.82) is 0 Å². The highest BCUT2D eigenvalue weighted by Crippen LogP contribution is 2.37. The third kappa shape index (κ3) is 5.80. The van der Waals surface area contributed by atoms with Crippen LogP contribution in [0.15, 0.2) is 71.6 Å². The monoisotopic (exact) mass is 528 g/mol. The van der Waals surface area contributed by atoms with E-state index < -0.39 is 0 Å². The Kier molecular flexibility index (Phi) is 7.58. The van der Waals surface area contributed by atoms with Crippen LogP contribution >= 0.6 is 47.2 Å². The average molecular weight is 529 g/mol. The normalized spacial score (nSPS) is 14.6. The van der Waals surface area contributed by atoms with Crippen LogP contribution in [-0.4, -0.2) is 22.7 Å². The van der Waals surface area contributed by atoms with Gasteiger partial charge in [0.05, 0.1) is 10.6 Å². The lowest BCUT2D eigenvalue weighted by atomic mass is 10.1. The van der Waals surface area contributed by atoms with Gasteiger partial charge >= 0.3 is 0 Å². The zero-order valence-electron chi connectivity index (χ0n) is 17.9. The second-order valence-electron chi connectivity index (χ2n) is 7.37. The minimum Gasteiger partial charge on any atom is -0.484 e. The molecule has 172 valence electrons. The van der Waals surface area contributed by atoms with E-state index in [2.05, 4.69) is 5.32 Å². The lowest BCUT2D eigenvalue weighted by Crippen LogP contribution is -2.28. The van der Waals surface area contributed by atoms with Crippen LogP contribution in [0.5, 0.6) is 5.75 Å². The second-order valence-corrected chi connectivity index (χ2v) is 9.92. The summed E-state index contributed by atoms with van der Waals surface area (Å²) in [5, 5.41) is 3.53. The number of hydrogen-bond donors (Lipinski definition) is 1. The highest BCUT2D eigenvalue weighted by molar-refractivity contribution is 8.27. The lowest BCUT2D eigenvalue weighted by Gasteiger charge is -2.16. The molecule has 4 rings (SSSR count). The van der Waals surface area contributed by atoms with Gasteiger partial charge in [0.25, 0.3) is 11.8 Å². The Labute approximate surface area is 216 Å². The molecule has 9 heteroatoms. The topological polar surface area (TPSA) is 58.6 Å². The fourth-order valence-corrected chi connectivity index (χ4v) is 5.12. The van der Waals surface area contributed by atoms with Gasteiger partial charge in [-0.25, -0.2) is 0 Å². The molecule has 34 heavy (non-hydrogen) atoms. The summed E-state index contributed by atoms with van der Waals surface area (Å²) in [4.78, 5) is 27.4. The number of halogens is 2. The van der Waals surface area contributed by atoms with Crippen molar-refractivity contribution < 1.29 is 14.3 Å². The van der Waals surface area contributed by atoms with Gasteiger partial charge in [-0.1, -0.05) is 77.5 Å². The number of carbonyl (C=O) groups is 2. The highest BCUT2D eigenvalue weighted by Gasteiger charge is 2.33. The summed E-state index contributed by atoms with van der Waals surface area (Å²) in [6.45, 7) is 1.73. The van der Waals surface area contributed by atoms with Crippen molar-refractivity contribution in [2.75, 3.05) is 16.8 Å². The number of ether oxygens (including phenoxy) is 1. The predicted molar refractivity (Wildman–Crippen MR) is 144 cm³/mol. The van der Waals surface area contributed by atoms with Crippen molar-refractivity contribution in [2.45, 2.75) is 6.92 Å². The number of carbonyl (C=O) groups excluding carboxylic acids is 2. The molecule has 0 radical (unpaired) electrons. The van der Waals surface area contributed by atoms with Crippen molar-refractivity contribution in [2.24, 2.45) is 0 Å². The molecule has 0 aromatic heterocycles. The first-order chi connectivity index (χ1) is 16.3. The summed E-state index contributed by atoms with van der Waals surface area (Å²) in [5.41, 5.74) is 2.98. The third-order valence-corrected chi connectivity index (χ3v) is 6.56. The summed E-state index contributed by atoms with van der Waals surface area (Å²) in [6.07, 6.45) is 1.76. The molecule has 0 saturated carbocycles. The van der Waals surface area contributed by atoms with Crippen LogP contribution in [0.4, 0.5) is 11.4 Å². The highest BCUT2D eigenvalue weighted by atomic mass is 35.5. The molecular formula is C25H18Cl2N2O3S2. The van der Waals surface area contributed by atoms with Crippen molar-refractivity contribution in [3.8, 4) is 5.75 Å². The minimum absolute atomic E-state index is 0.171. The van der Waals surface area contributed by atoms with E-state index in [1.54, 1.807) is 47.4 Å². The largest absolute Gasteiger partial charge is 0.484 e. The van der Waals surface area contributed by atoms with Gasteiger partial charge in [0.15, 0.2) is 10.9 Å². The maximum Gasteiger partial charge on any atom is 0.270 e. The molecule has 0 spiro atoms. The first-order valence-electron chi connectivity index (χ1n) is 10.1. The van der Waals surface area contributed by atoms with E-state index in [0.717, 1.165) is 16.8 Å². The van der Waals surface area contributed by atoms with E-state index in [-0.39, 0.29) is 18.4 Å². The number of para-hydroxylation sites is 1. The standard InChI is InChI=1S/C25H18Cl2N2O3S2/c1-15-5-2-3-8-21(15)29-24(31)22(34-25(29)33)10-16-6-4-7-20(9-16)32-14-23(30)28-19-12-17(26)11-18(27)13-19/h2-13H,14H2,1H3,(H,28,30)/b22-10-. The molecule has 2 amide bonds. The Morgan fingerprint density at radius 1 is 1.09 bits per heavy atom. The van der Waals surface area contributed by atoms with Crippen molar-refractivity contribution in [3.63, 3.8) is 0 Å². The first-order valence-corrected chi connectivity index (χ1v) is 12.1. The fourth-order valence-electron chi connectivity index (χ4n) is 3.31. The molecule has 1 aliphatic heterocycles. The zero-order chi connectivity index (χ0) is 24.2. The number of anilines is 2. The van der Waals surface area contributed by atoms with E-state index in [1.165, 1.54) is 11.8 Å². The summed E-state index contributed by atoms with van der Waals surface area (Å²) in [5.74, 6) is -0.0413. The number of aryl methyl sites for hydroxylation is 1. The van der Waals surface area contributed by atoms with E-state index in [0.29, 0.717) is 30.7 Å². The number of hydrogen-bond acceptors (Lipinski definition) is 5. The van der Waals surface area contributed by atoms with Crippen LogP contribution in [0.2, 0.25) is 10.0 Å². The molecule has 1 aliphatic rings. The van der Waals surface area contributed by atoms with Gasteiger partial charge in [0, 0.05) is 15.7 Å². The molecule has 5 nitrogen and oxygen atoms in total. The number of rotatable bonds is 6. The molecule has 0 unspecified atom stereocenters. The van der Waals surface area contributed by atoms with Gasteiger partial charge in [-0.3, -0.25) is 14.5 Å². The number of thiocarbonyl (C=S) groups is 1. The predicted octanol–water partition coefficient (Wildman–Crippen LogP) is 6.73. The van der Waals surface area contributed by atoms with Crippen molar-refractivity contribution in [1.82, 2.24) is 0 Å². The van der Waals surface area contributed by atoms with Crippen molar-refractivity contribution >= 4 is 80.8 Å². The van der Waals surface area contributed by atoms with Gasteiger partial charge in [-0.15, -0.1) is 0 Å². The fraction of sp³-hybridized carbons (Fsp3) is 0.0800. The number of amides is 2. The molecule has 3 aromatic rings. The van der Waals surface area contributed by atoms with Crippen LogP contribution in [-0.2, 0) is 9.59 Å². The van der Waals surface area contributed by atoms with E-state index in [9.17, 15) is 9.59 Å². The average Bonchev–Trinajstić information content (AvgIpc) is 3.05. The Morgan fingerprint density at radius 2 is 1.82 bits per heavy atom. The lowest BCUT2D eigenvalue weighted by molar-refractivity contribution is -0.118. The summed E-state index contributed by atoms with van der Waals surface area (Å²) in [7, 11) is 0. The molecule has 1 heterocycles. The molecule has 1 N–H and O–H groups in total. The van der Waals surface area contributed by atoms with E-state index >= 15 is 0 Å². The first kappa shape index (κ1) is 24.3. The maximum absolute atomic E-state index is 13.0. The third-order valence-electron chi connectivity index (χ3n) is 4.82. The molecular weight excluding hydrogens is 511 g/mol. The van der Waals surface area contributed by atoms with Crippen LogP contribution in [0.1, 0.15) is 11.1 Å². The number of nitrogens with one attached hydrogen (secondary N) is 1. The summed E-state index contributed by atoms with van der Waals surface area (Å²) < 4.78 is 6.11. The van der Waals surface area contributed by atoms with Crippen LogP contribution in [0.25, 0.3) is 6.08 Å². The van der Waals surface area contributed by atoms with Gasteiger partial charge in [0.2, 0.25) is 0 Å². The maximum atomic E-state index is 13.0. The van der Waals surface area contributed by atoms with E-state index in [4.69, 9.17) is 40.2 Å². The number of thioether (sulfide) groups is 1. The SMILES string of the molecule is Cc1ccccc1N1C(=O)/C(=C/c2cccc(OCC(=O)Nc3cc(Cl)cc(Cl)c3)c2)SC1=S. The molecule has 1 fully saturated rings. The molecule has 0 atom stereocenters. The van der Waals surface area contributed by atoms with Gasteiger partial charge < -0.3 is 10.1 Å². The Morgan fingerprint density at radius 3 is 2.56 bits per heavy atom. The Balaban J connectivity index is 1.43. The molecule has 0 bridgehead atoms. The quantitative estimate of drug-likeness (QED) is 0.284. The Bertz CT molecular complexity index is 1310. The van der Waals surface area contributed by atoms with E-state index in [1.807, 2.05) is 37.3 Å². The van der Waals surface area contributed by atoms with Gasteiger partial charge in [-0.2, -0.15) is 0 Å². The minimum atomic E-state index is -0.358. The van der Waals surface area contributed by atoms with Crippen LogP contribution in [0.3, 0.4) is 0 Å². The molecule has 3 aromatic carbocycles. The Hall–Kier alpha value is -2.84. The summed E-state index contributed by atoms with van der Waals surface area (Å²) >= 11 is 18.6. The van der Waals surface area contributed by atoms with Crippen LogP contribution in [0, 0.1) is 6.92 Å². The van der Waals surface area contributed by atoms with Crippen molar-refractivity contribution in [3.05, 3.63) is 92.8 Å². The number of nitrogens with zero attached hydrogens (tertiary/aromatic N) is 1. The van der Waals surface area contributed by atoms with Crippen LogP contribution < -0.4 is 15.0 Å². The second kappa shape index (κ2) is 10.6. The van der Waals surface area contributed by atoms with Gasteiger partial charge in [-0.05, 0) is 60.5 Å². The zero-order valence-corrected chi connectivity index (χ0v) is 21.0. The summed E-state index contributed by atoms with van der Waals surface area (Å²) in [6, 6.07) is 19.5.